The maximum absolute atomic E-state index is 12.8. The third-order valence-corrected chi connectivity index (χ3v) is 6.74. The van der Waals surface area contributed by atoms with Gasteiger partial charge in [-0.05, 0) is 49.9 Å². The van der Waals surface area contributed by atoms with Crippen molar-refractivity contribution in [3.63, 3.8) is 0 Å². The molecule has 0 aliphatic carbocycles. The normalized spacial score (nSPS) is 18.3. The van der Waals surface area contributed by atoms with Crippen LogP contribution in [0.5, 0.6) is 0 Å². The summed E-state index contributed by atoms with van der Waals surface area (Å²) in [5.41, 5.74) is 3.35. The third kappa shape index (κ3) is 6.21. The number of fused-ring (bicyclic) bond motifs is 1. The summed E-state index contributed by atoms with van der Waals surface area (Å²) in [5.74, 6) is 0.0315. The van der Waals surface area contributed by atoms with E-state index in [1.54, 1.807) is 0 Å². The Morgan fingerprint density at radius 2 is 1.84 bits per heavy atom. The second-order valence-electron chi connectivity index (χ2n) is 9.03. The maximum Gasteiger partial charge on any atom is 0.267 e. The number of benzene rings is 1. The van der Waals surface area contributed by atoms with Gasteiger partial charge in [0.1, 0.15) is 5.69 Å². The second kappa shape index (κ2) is 11.6. The summed E-state index contributed by atoms with van der Waals surface area (Å²) in [6.07, 6.45) is 4.54. The van der Waals surface area contributed by atoms with Crippen LogP contribution in [-0.2, 0) is 24.4 Å². The lowest BCUT2D eigenvalue weighted by Crippen LogP contribution is -2.37. The van der Waals surface area contributed by atoms with Crippen LogP contribution in [0.3, 0.4) is 0 Å². The van der Waals surface area contributed by atoms with Gasteiger partial charge < -0.3 is 19.5 Å². The molecule has 0 bridgehead atoms. The van der Waals surface area contributed by atoms with Crippen molar-refractivity contribution in [2.24, 2.45) is 0 Å². The smallest absolute Gasteiger partial charge is 0.267 e. The van der Waals surface area contributed by atoms with Crippen LogP contribution in [-0.4, -0.2) is 65.7 Å². The van der Waals surface area contributed by atoms with Gasteiger partial charge >= 0.3 is 0 Å². The van der Waals surface area contributed by atoms with Crippen LogP contribution >= 0.6 is 0 Å². The van der Waals surface area contributed by atoms with Crippen LogP contribution in [0, 0.1) is 0 Å². The largest absolute Gasteiger partial charge is 0.378 e. The molecule has 4 rings (SSSR count). The molecular weight excluding hydrogens is 400 g/mol. The number of likely N-dealkylation sites (tertiary alicyclic amines) is 1. The lowest BCUT2D eigenvalue weighted by atomic mass is 10.1. The third-order valence-electron chi connectivity index (χ3n) is 6.74. The lowest BCUT2D eigenvalue weighted by Gasteiger charge is -2.30. The Morgan fingerprint density at radius 1 is 1.03 bits per heavy atom. The van der Waals surface area contributed by atoms with E-state index in [-0.39, 0.29) is 5.91 Å². The van der Waals surface area contributed by atoms with Crippen LogP contribution in [0.25, 0.3) is 0 Å². The van der Waals surface area contributed by atoms with Gasteiger partial charge in [-0.1, -0.05) is 37.3 Å². The molecule has 0 unspecified atom stereocenters. The summed E-state index contributed by atoms with van der Waals surface area (Å²) in [6.45, 7) is 10.8. The van der Waals surface area contributed by atoms with E-state index in [1.165, 1.54) is 11.3 Å². The molecule has 2 aromatic rings. The standard InChI is InChI=1S/C26H38N4O2/c1-2-28-17-12-24(13-18-28)32-19-6-14-27-26(31)25-11-10-23-21-29(15-7-16-30(23)25)20-22-8-4-3-5-9-22/h3-5,8-11,24H,2,6-7,12-21H2,1H3,(H,27,31). The van der Waals surface area contributed by atoms with E-state index >= 15 is 0 Å². The topological polar surface area (TPSA) is 49.7 Å². The van der Waals surface area contributed by atoms with Gasteiger partial charge in [-0.15, -0.1) is 0 Å². The number of ether oxygens (including phenoxy) is 1. The molecule has 2 aliphatic heterocycles. The Balaban J connectivity index is 1.21. The number of piperidine rings is 1. The molecule has 1 saturated heterocycles. The van der Waals surface area contributed by atoms with Gasteiger partial charge in [0, 0.05) is 58.1 Å². The number of aromatic nitrogens is 1. The molecule has 1 aromatic carbocycles. The SMILES string of the molecule is CCN1CCC(OCCCNC(=O)c2ccc3n2CCCN(Cc2ccccc2)C3)CC1. The Labute approximate surface area is 192 Å². The molecule has 0 saturated carbocycles. The van der Waals surface area contributed by atoms with Gasteiger partial charge in [0.15, 0.2) is 0 Å². The summed E-state index contributed by atoms with van der Waals surface area (Å²) in [4.78, 5) is 17.7. The number of carbonyl (C=O) groups is 1. The quantitative estimate of drug-likeness (QED) is 0.609. The highest BCUT2D eigenvalue weighted by atomic mass is 16.5. The molecule has 3 heterocycles. The molecule has 1 aromatic heterocycles. The summed E-state index contributed by atoms with van der Waals surface area (Å²) in [6, 6.07) is 14.7. The van der Waals surface area contributed by atoms with Crippen molar-refractivity contribution in [3.05, 3.63) is 59.4 Å². The Bertz CT molecular complexity index is 843. The van der Waals surface area contributed by atoms with E-state index in [2.05, 4.69) is 63.0 Å². The number of hydrogen-bond acceptors (Lipinski definition) is 4. The minimum absolute atomic E-state index is 0.0315. The van der Waals surface area contributed by atoms with Gasteiger partial charge in [0.2, 0.25) is 0 Å². The molecule has 1 amide bonds. The molecule has 1 N–H and O–H groups in total. The van der Waals surface area contributed by atoms with E-state index in [1.807, 2.05) is 6.07 Å². The highest BCUT2D eigenvalue weighted by Crippen LogP contribution is 2.19. The van der Waals surface area contributed by atoms with Gasteiger partial charge in [-0.3, -0.25) is 9.69 Å². The van der Waals surface area contributed by atoms with Crippen molar-refractivity contribution in [2.45, 2.75) is 58.3 Å². The molecule has 6 heteroatoms. The van der Waals surface area contributed by atoms with E-state index in [0.29, 0.717) is 12.6 Å². The van der Waals surface area contributed by atoms with Crippen molar-refractivity contribution < 1.29 is 9.53 Å². The lowest BCUT2D eigenvalue weighted by molar-refractivity contribution is 0.00783. The van der Waals surface area contributed by atoms with Crippen molar-refractivity contribution in [2.75, 3.05) is 39.3 Å². The molecule has 2 aliphatic rings. The van der Waals surface area contributed by atoms with Crippen LogP contribution in [0.2, 0.25) is 0 Å². The number of nitrogens with one attached hydrogen (secondary N) is 1. The van der Waals surface area contributed by atoms with E-state index in [4.69, 9.17) is 4.74 Å². The first-order valence-corrected chi connectivity index (χ1v) is 12.3. The maximum atomic E-state index is 12.8. The number of rotatable bonds is 9. The Morgan fingerprint density at radius 3 is 2.62 bits per heavy atom. The fraction of sp³-hybridized carbons (Fsp3) is 0.577. The molecule has 6 nitrogen and oxygen atoms in total. The number of nitrogens with zero attached hydrogens (tertiary/aromatic N) is 3. The minimum atomic E-state index is 0.0315. The summed E-state index contributed by atoms with van der Waals surface area (Å²) in [7, 11) is 0. The fourth-order valence-electron chi connectivity index (χ4n) is 4.85. The van der Waals surface area contributed by atoms with Gasteiger partial charge in [-0.2, -0.15) is 0 Å². The molecule has 0 atom stereocenters. The molecule has 32 heavy (non-hydrogen) atoms. The molecule has 0 radical (unpaired) electrons. The fourth-order valence-corrected chi connectivity index (χ4v) is 4.85. The van der Waals surface area contributed by atoms with Crippen LogP contribution in [0.1, 0.15) is 54.4 Å². The predicted octanol–water partition coefficient (Wildman–Crippen LogP) is 3.51. The van der Waals surface area contributed by atoms with Crippen LogP contribution in [0.4, 0.5) is 0 Å². The molecule has 1 fully saturated rings. The van der Waals surface area contributed by atoms with Crippen LogP contribution < -0.4 is 5.32 Å². The average molecular weight is 439 g/mol. The van der Waals surface area contributed by atoms with E-state index in [0.717, 1.165) is 83.8 Å². The predicted molar refractivity (Wildman–Crippen MR) is 128 cm³/mol. The first kappa shape index (κ1) is 23.0. The second-order valence-corrected chi connectivity index (χ2v) is 9.03. The average Bonchev–Trinajstić information content (AvgIpc) is 3.11. The number of hydrogen-bond donors (Lipinski definition) is 1. The van der Waals surface area contributed by atoms with Crippen molar-refractivity contribution in [1.29, 1.82) is 0 Å². The zero-order valence-corrected chi connectivity index (χ0v) is 19.5. The van der Waals surface area contributed by atoms with Crippen molar-refractivity contribution in [3.8, 4) is 0 Å². The van der Waals surface area contributed by atoms with Crippen molar-refractivity contribution >= 4 is 5.91 Å². The van der Waals surface area contributed by atoms with Gasteiger partial charge in [0.25, 0.3) is 5.91 Å². The number of amides is 1. The summed E-state index contributed by atoms with van der Waals surface area (Å²) in [5, 5.41) is 3.10. The monoisotopic (exact) mass is 438 g/mol. The van der Waals surface area contributed by atoms with E-state index in [9.17, 15) is 4.79 Å². The van der Waals surface area contributed by atoms with Crippen LogP contribution in [0.15, 0.2) is 42.5 Å². The highest BCUT2D eigenvalue weighted by molar-refractivity contribution is 5.92. The van der Waals surface area contributed by atoms with Crippen molar-refractivity contribution in [1.82, 2.24) is 19.7 Å². The first-order chi connectivity index (χ1) is 15.7. The zero-order chi connectivity index (χ0) is 22.2. The Hall–Kier alpha value is -2.15. The first-order valence-electron chi connectivity index (χ1n) is 12.3. The van der Waals surface area contributed by atoms with Gasteiger partial charge in [-0.25, -0.2) is 0 Å². The number of carbonyl (C=O) groups excluding carboxylic acids is 1. The Kier molecular flexibility index (Phi) is 8.37. The zero-order valence-electron chi connectivity index (χ0n) is 19.5. The van der Waals surface area contributed by atoms with E-state index < -0.39 is 0 Å². The molecule has 0 spiro atoms. The molecule has 174 valence electrons. The van der Waals surface area contributed by atoms with Gasteiger partial charge in [0.05, 0.1) is 6.10 Å². The highest BCUT2D eigenvalue weighted by Gasteiger charge is 2.20. The minimum Gasteiger partial charge on any atom is -0.378 e. The summed E-state index contributed by atoms with van der Waals surface area (Å²) >= 11 is 0. The molecular formula is C26H38N4O2. The summed E-state index contributed by atoms with van der Waals surface area (Å²) < 4.78 is 8.23.